The van der Waals surface area contributed by atoms with Crippen LogP contribution >= 0.6 is 11.3 Å². The SMILES string of the molecule is CCOCCn1c(=NC(=O)c2cccc(NS(=O)(=O)c3ccc(F)cc3)c2)sc2c(OC)ccc(OC)c21. The number of carbonyl (C=O) groups excluding carboxylic acids is 1. The molecule has 0 unspecified atom stereocenters. The molecule has 0 aliphatic carbocycles. The molecule has 38 heavy (non-hydrogen) atoms. The minimum atomic E-state index is -3.99. The Bertz CT molecular complexity index is 1630. The highest BCUT2D eigenvalue weighted by molar-refractivity contribution is 7.92. The molecule has 12 heteroatoms. The molecular weight excluding hydrogens is 533 g/mol. The Morgan fingerprint density at radius 2 is 1.76 bits per heavy atom. The highest BCUT2D eigenvalue weighted by Gasteiger charge is 2.18. The molecule has 0 aliphatic heterocycles. The average molecular weight is 560 g/mol. The number of hydrogen-bond acceptors (Lipinski definition) is 7. The number of thiazole rings is 1. The van der Waals surface area contributed by atoms with Crippen molar-refractivity contribution in [3.05, 3.63) is 76.8 Å². The van der Waals surface area contributed by atoms with Crippen molar-refractivity contribution in [2.24, 2.45) is 4.99 Å². The van der Waals surface area contributed by atoms with Crippen LogP contribution in [-0.2, 0) is 21.3 Å². The van der Waals surface area contributed by atoms with Gasteiger partial charge in [-0.1, -0.05) is 17.4 Å². The number of rotatable bonds is 10. The third-order valence-electron chi connectivity index (χ3n) is 5.54. The maximum Gasteiger partial charge on any atom is 0.279 e. The van der Waals surface area contributed by atoms with Gasteiger partial charge in [0, 0.05) is 24.4 Å². The minimum absolute atomic E-state index is 0.108. The molecule has 9 nitrogen and oxygen atoms in total. The van der Waals surface area contributed by atoms with E-state index in [1.807, 2.05) is 11.5 Å². The van der Waals surface area contributed by atoms with Gasteiger partial charge in [0.2, 0.25) is 0 Å². The number of methoxy groups -OCH3 is 2. The minimum Gasteiger partial charge on any atom is -0.495 e. The first kappa shape index (κ1) is 27.3. The molecule has 0 fully saturated rings. The van der Waals surface area contributed by atoms with Gasteiger partial charge in [-0.25, -0.2) is 12.8 Å². The number of nitrogens with one attached hydrogen (secondary N) is 1. The van der Waals surface area contributed by atoms with Gasteiger partial charge in [0.15, 0.2) is 4.80 Å². The number of sulfonamides is 1. The van der Waals surface area contributed by atoms with Gasteiger partial charge in [0.05, 0.1) is 25.7 Å². The van der Waals surface area contributed by atoms with E-state index in [4.69, 9.17) is 14.2 Å². The molecule has 4 aromatic rings. The van der Waals surface area contributed by atoms with E-state index in [2.05, 4.69) is 9.71 Å². The highest BCUT2D eigenvalue weighted by Crippen LogP contribution is 2.35. The summed E-state index contributed by atoms with van der Waals surface area (Å²) in [6.07, 6.45) is 0. The lowest BCUT2D eigenvalue weighted by atomic mass is 10.2. The summed E-state index contributed by atoms with van der Waals surface area (Å²) in [7, 11) is -0.863. The number of fused-ring (bicyclic) bond motifs is 1. The van der Waals surface area contributed by atoms with Gasteiger partial charge in [-0.3, -0.25) is 9.52 Å². The fourth-order valence-electron chi connectivity index (χ4n) is 3.74. The normalized spacial score (nSPS) is 12.1. The number of ether oxygens (including phenoxy) is 3. The summed E-state index contributed by atoms with van der Waals surface area (Å²) in [5.41, 5.74) is 1.07. The van der Waals surface area contributed by atoms with Crippen LogP contribution in [0.15, 0.2) is 70.6 Å². The lowest BCUT2D eigenvalue weighted by molar-refractivity contribution is 0.0996. The van der Waals surface area contributed by atoms with Gasteiger partial charge in [-0.2, -0.15) is 4.99 Å². The number of hydrogen-bond donors (Lipinski definition) is 1. The lowest BCUT2D eigenvalue weighted by Gasteiger charge is -2.10. The number of benzene rings is 3. The summed E-state index contributed by atoms with van der Waals surface area (Å²) in [5, 5.41) is 0. The topological polar surface area (TPSA) is 108 Å². The number of aromatic nitrogens is 1. The van der Waals surface area contributed by atoms with E-state index in [1.54, 1.807) is 38.5 Å². The van der Waals surface area contributed by atoms with Crippen LogP contribution in [0.1, 0.15) is 17.3 Å². The van der Waals surface area contributed by atoms with Crippen molar-refractivity contribution in [2.45, 2.75) is 18.4 Å². The van der Waals surface area contributed by atoms with Crippen molar-refractivity contribution >= 4 is 43.2 Å². The van der Waals surface area contributed by atoms with E-state index in [-0.39, 0.29) is 16.1 Å². The monoisotopic (exact) mass is 559 g/mol. The summed E-state index contributed by atoms with van der Waals surface area (Å²) >= 11 is 1.27. The van der Waals surface area contributed by atoms with Crippen molar-refractivity contribution in [3.8, 4) is 11.5 Å². The molecular formula is C26H26FN3O6S2. The Kier molecular flexibility index (Phi) is 8.45. The van der Waals surface area contributed by atoms with Crippen LogP contribution < -0.4 is 19.0 Å². The first-order chi connectivity index (χ1) is 18.3. The van der Waals surface area contributed by atoms with E-state index in [0.717, 1.165) is 34.5 Å². The molecule has 1 amide bonds. The van der Waals surface area contributed by atoms with Crippen molar-refractivity contribution in [1.82, 2.24) is 4.57 Å². The molecule has 200 valence electrons. The third-order valence-corrected chi connectivity index (χ3v) is 8.03. The zero-order valence-electron chi connectivity index (χ0n) is 20.9. The van der Waals surface area contributed by atoms with Gasteiger partial charge < -0.3 is 18.8 Å². The zero-order valence-corrected chi connectivity index (χ0v) is 22.6. The summed E-state index contributed by atoms with van der Waals surface area (Å²) in [6, 6.07) is 14.0. The Labute approximate surface area is 223 Å². The second-order valence-electron chi connectivity index (χ2n) is 7.94. The number of amides is 1. The maximum absolute atomic E-state index is 13.2. The first-order valence-electron chi connectivity index (χ1n) is 11.6. The fraction of sp³-hybridized carbons (Fsp3) is 0.231. The van der Waals surface area contributed by atoms with Crippen molar-refractivity contribution < 1.29 is 31.8 Å². The van der Waals surface area contributed by atoms with Gasteiger partial charge in [0.1, 0.15) is 27.5 Å². The maximum atomic E-state index is 13.2. The number of halogens is 1. The standard InChI is InChI=1S/C26H26FN3O6S2/c1-4-36-15-14-30-23-21(34-2)12-13-22(35-3)24(23)37-26(30)28-25(31)17-6-5-7-19(16-17)29-38(32,33)20-10-8-18(27)9-11-20/h5-13,16,29H,4,14-15H2,1-3H3. The quantitative estimate of drug-likeness (QED) is 0.288. The van der Waals surface area contributed by atoms with Crippen LogP contribution in [0.2, 0.25) is 0 Å². The fourth-order valence-corrected chi connectivity index (χ4v) is 5.95. The van der Waals surface area contributed by atoms with Crippen LogP contribution in [0.25, 0.3) is 10.2 Å². The summed E-state index contributed by atoms with van der Waals surface area (Å²) in [5.74, 6) is 0.0947. The van der Waals surface area contributed by atoms with E-state index in [9.17, 15) is 17.6 Å². The predicted octanol–water partition coefficient (Wildman–Crippen LogP) is 4.44. The summed E-state index contributed by atoms with van der Waals surface area (Å²) < 4.78 is 60.2. The van der Waals surface area contributed by atoms with Crippen LogP contribution in [-0.4, -0.2) is 46.3 Å². The summed E-state index contributed by atoms with van der Waals surface area (Å²) in [4.78, 5) is 17.9. The van der Waals surface area contributed by atoms with Gasteiger partial charge in [0.25, 0.3) is 15.9 Å². The summed E-state index contributed by atoms with van der Waals surface area (Å²) in [6.45, 7) is 3.24. The number of anilines is 1. The smallest absolute Gasteiger partial charge is 0.279 e. The van der Waals surface area contributed by atoms with Crippen LogP contribution in [0.4, 0.5) is 10.1 Å². The second kappa shape index (κ2) is 11.8. The Morgan fingerprint density at radius 1 is 1.05 bits per heavy atom. The number of carbonyl (C=O) groups is 1. The zero-order chi connectivity index (χ0) is 27.3. The lowest BCUT2D eigenvalue weighted by Crippen LogP contribution is -2.20. The molecule has 0 radical (unpaired) electrons. The largest absolute Gasteiger partial charge is 0.495 e. The van der Waals surface area contributed by atoms with E-state index < -0.39 is 21.7 Å². The van der Waals surface area contributed by atoms with Crippen molar-refractivity contribution in [2.75, 3.05) is 32.2 Å². The Hall–Kier alpha value is -3.74. The average Bonchev–Trinajstić information content (AvgIpc) is 3.26. The molecule has 3 aromatic carbocycles. The predicted molar refractivity (Wildman–Crippen MR) is 143 cm³/mol. The molecule has 1 N–H and O–H groups in total. The van der Waals surface area contributed by atoms with Gasteiger partial charge in [-0.05, 0) is 61.5 Å². The Morgan fingerprint density at radius 3 is 2.45 bits per heavy atom. The molecule has 0 bridgehead atoms. The molecule has 4 rings (SSSR count). The molecule has 0 saturated heterocycles. The van der Waals surface area contributed by atoms with Crippen molar-refractivity contribution in [3.63, 3.8) is 0 Å². The van der Waals surface area contributed by atoms with E-state index >= 15 is 0 Å². The molecule has 1 aromatic heterocycles. The van der Waals surface area contributed by atoms with E-state index in [0.29, 0.717) is 36.1 Å². The molecule has 1 heterocycles. The van der Waals surface area contributed by atoms with Gasteiger partial charge >= 0.3 is 0 Å². The van der Waals surface area contributed by atoms with Crippen LogP contribution in [0, 0.1) is 5.82 Å². The molecule has 0 atom stereocenters. The van der Waals surface area contributed by atoms with Gasteiger partial charge in [-0.15, -0.1) is 0 Å². The first-order valence-corrected chi connectivity index (χ1v) is 13.9. The van der Waals surface area contributed by atoms with E-state index in [1.165, 1.54) is 23.5 Å². The molecule has 0 saturated carbocycles. The third kappa shape index (κ3) is 5.87. The van der Waals surface area contributed by atoms with Crippen LogP contribution in [0.5, 0.6) is 11.5 Å². The molecule has 0 aliphatic rings. The molecule has 0 spiro atoms. The van der Waals surface area contributed by atoms with Crippen LogP contribution in [0.3, 0.4) is 0 Å². The second-order valence-corrected chi connectivity index (χ2v) is 10.6. The highest BCUT2D eigenvalue weighted by atomic mass is 32.2. The van der Waals surface area contributed by atoms with Crippen molar-refractivity contribution in [1.29, 1.82) is 0 Å². The number of nitrogens with zero attached hydrogens (tertiary/aromatic N) is 2. The Balaban J connectivity index is 1.73.